The van der Waals surface area contributed by atoms with E-state index in [2.05, 4.69) is 31.9 Å². The summed E-state index contributed by atoms with van der Waals surface area (Å²) in [7, 11) is 0. The van der Waals surface area contributed by atoms with Gasteiger partial charge >= 0.3 is 17.9 Å². The van der Waals surface area contributed by atoms with E-state index in [1.807, 2.05) is 0 Å². The number of rotatable bonds is 26. The molecule has 1 fully saturated rings. The first-order valence-electron chi connectivity index (χ1n) is 19.3. The molecule has 1 saturated heterocycles. The van der Waals surface area contributed by atoms with Crippen LogP contribution in [0.25, 0.3) is 0 Å². The van der Waals surface area contributed by atoms with Crippen LogP contribution in [-0.4, -0.2) is 147 Å². The first kappa shape index (κ1) is 49.8. The van der Waals surface area contributed by atoms with Crippen molar-refractivity contribution in [2.45, 2.75) is 107 Å². The molecule has 6 atom stereocenters. The molecule has 23 nitrogen and oxygen atoms in total. The SMILES string of the molecule is C[C@H](NC(=O)[C@H](Cc1ccc(O)cc1)NC(=O)[C@H](CCC(=O)O)NC(=O)[C@H](CCCCN)NC(=O)CN)C(=O)N1CCC[C@H]1C(=O)NCC(=O)N[C@@H](CCC(=O)O)C(=O)O. The van der Waals surface area contributed by atoms with Crippen LogP contribution in [0.4, 0.5) is 0 Å². The number of aliphatic carboxylic acids is 3. The predicted molar refractivity (Wildman–Crippen MR) is 208 cm³/mol. The maximum absolute atomic E-state index is 13.8. The molecule has 0 spiro atoms. The van der Waals surface area contributed by atoms with Gasteiger partial charge in [0, 0.05) is 25.8 Å². The number of nitrogens with two attached hydrogens (primary N) is 2. The molecule has 332 valence electrons. The number of hydrogen-bond donors (Lipinski definition) is 12. The second kappa shape index (κ2) is 25.2. The van der Waals surface area contributed by atoms with Crippen LogP contribution < -0.4 is 43.4 Å². The molecule has 1 aromatic carbocycles. The van der Waals surface area contributed by atoms with Gasteiger partial charge in [0.1, 0.15) is 42.0 Å². The second-order valence-corrected chi connectivity index (χ2v) is 14.1. The van der Waals surface area contributed by atoms with Gasteiger partial charge in [-0.05, 0) is 76.1 Å². The summed E-state index contributed by atoms with van der Waals surface area (Å²) in [5, 5.41) is 51.7. The molecule has 1 heterocycles. The average molecular weight is 850 g/mol. The minimum atomic E-state index is -1.52. The zero-order valence-corrected chi connectivity index (χ0v) is 33.1. The molecule has 2 rings (SSSR count). The molecule has 1 aromatic rings. The number of nitrogens with zero attached hydrogens (tertiary/aromatic N) is 1. The maximum atomic E-state index is 13.8. The highest BCUT2D eigenvalue weighted by atomic mass is 16.4. The van der Waals surface area contributed by atoms with E-state index in [1.54, 1.807) is 0 Å². The molecule has 0 aromatic heterocycles. The molecular formula is C37H55N9O14. The minimum absolute atomic E-state index is 0.0905. The Morgan fingerprint density at radius 1 is 0.717 bits per heavy atom. The summed E-state index contributed by atoms with van der Waals surface area (Å²) in [4.78, 5) is 127. The number of hydrogen-bond acceptors (Lipinski definition) is 13. The van der Waals surface area contributed by atoms with Crippen LogP contribution in [0.5, 0.6) is 5.75 Å². The molecule has 0 saturated carbocycles. The largest absolute Gasteiger partial charge is 0.508 e. The van der Waals surface area contributed by atoms with Crippen molar-refractivity contribution in [3.8, 4) is 5.75 Å². The Balaban J connectivity index is 2.23. The number of amides is 7. The quantitative estimate of drug-likeness (QED) is 0.0401. The lowest BCUT2D eigenvalue weighted by atomic mass is 10.0. The summed E-state index contributed by atoms with van der Waals surface area (Å²) >= 11 is 0. The van der Waals surface area contributed by atoms with Gasteiger partial charge in [-0.3, -0.25) is 43.2 Å². The molecule has 1 aliphatic heterocycles. The monoisotopic (exact) mass is 849 g/mol. The van der Waals surface area contributed by atoms with Crippen LogP contribution in [0.2, 0.25) is 0 Å². The Kier molecular flexibility index (Phi) is 20.9. The van der Waals surface area contributed by atoms with Crippen molar-refractivity contribution >= 4 is 59.3 Å². The normalized spacial score (nSPS) is 15.8. The Hall–Kier alpha value is -6.36. The standard InChI is InChI=1S/C37H55N9O14/c1-20(36(58)46-16-4-6-27(46)35(57)40-19-29(49)43-25(37(59)60)12-14-31(52)53)41-34(56)26(17-21-7-9-22(47)10-8-21)45-33(55)24(11-13-30(50)51)44-32(54)23(5-2-3-15-38)42-28(48)18-39/h7-10,20,23-27,47H,2-6,11-19,38-39H2,1H3,(H,40,57)(H,41,56)(H,42,48)(H,43,49)(H,44,54)(H,45,55)(H,50,51)(H,52,53)(H,59,60)/t20-,23-,24-,25-,26-,27-/m0/s1. The first-order chi connectivity index (χ1) is 28.4. The maximum Gasteiger partial charge on any atom is 0.326 e. The number of carboxylic acid groups (broad SMARTS) is 3. The summed E-state index contributed by atoms with van der Waals surface area (Å²) in [6, 6.07) is -2.38. The summed E-state index contributed by atoms with van der Waals surface area (Å²) < 4.78 is 0. The van der Waals surface area contributed by atoms with E-state index in [9.17, 15) is 63.3 Å². The average Bonchev–Trinajstić information content (AvgIpc) is 3.69. The van der Waals surface area contributed by atoms with E-state index in [0.29, 0.717) is 31.4 Å². The highest BCUT2D eigenvalue weighted by Crippen LogP contribution is 2.19. The van der Waals surface area contributed by atoms with E-state index < -0.39 is 134 Å². The number of phenols is 1. The third-order valence-corrected chi connectivity index (χ3v) is 9.34. The lowest BCUT2D eigenvalue weighted by Crippen LogP contribution is -2.59. The van der Waals surface area contributed by atoms with E-state index in [-0.39, 0.29) is 31.6 Å². The zero-order valence-electron chi connectivity index (χ0n) is 33.1. The molecule has 14 N–H and O–H groups in total. The molecule has 60 heavy (non-hydrogen) atoms. The van der Waals surface area contributed by atoms with Crippen LogP contribution in [0.15, 0.2) is 24.3 Å². The van der Waals surface area contributed by atoms with Crippen molar-refractivity contribution in [3.05, 3.63) is 29.8 Å². The van der Waals surface area contributed by atoms with E-state index in [4.69, 9.17) is 16.6 Å². The van der Waals surface area contributed by atoms with Crippen molar-refractivity contribution < 1.29 is 68.4 Å². The third kappa shape index (κ3) is 17.2. The number of phenolic OH excluding ortho intramolecular Hbond substituents is 1. The van der Waals surface area contributed by atoms with Gasteiger partial charge in [-0.1, -0.05) is 12.1 Å². The van der Waals surface area contributed by atoms with Crippen molar-refractivity contribution in [1.29, 1.82) is 0 Å². The molecule has 0 radical (unpaired) electrons. The zero-order chi connectivity index (χ0) is 44.9. The summed E-state index contributed by atoms with van der Waals surface area (Å²) in [5.41, 5.74) is 11.4. The van der Waals surface area contributed by atoms with Crippen LogP contribution in [-0.2, 0) is 54.4 Å². The number of unbranched alkanes of at least 4 members (excludes halogenated alkanes) is 1. The molecular weight excluding hydrogens is 794 g/mol. The highest BCUT2D eigenvalue weighted by Gasteiger charge is 2.38. The van der Waals surface area contributed by atoms with Crippen LogP contribution in [0.3, 0.4) is 0 Å². The molecule has 1 aliphatic rings. The van der Waals surface area contributed by atoms with Crippen molar-refractivity contribution in [2.75, 3.05) is 26.2 Å². The molecule has 0 aliphatic carbocycles. The summed E-state index contributed by atoms with van der Waals surface area (Å²) in [5.74, 6) is -9.81. The number of aromatic hydroxyl groups is 1. The first-order valence-corrected chi connectivity index (χ1v) is 19.3. The minimum Gasteiger partial charge on any atom is -0.508 e. The Morgan fingerprint density at radius 2 is 1.27 bits per heavy atom. The van der Waals surface area contributed by atoms with Gasteiger partial charge in [0.15, 0.2) is 0 Å². The van der Waals surface area contributed by atoms with Gasteiger partial charge in [0.05, 0.1) is 13.1 Å². The fraction of sp³-hybridized carbons (Fsp3) is 0.568. The van der Waals surface area contributed by atoms with Gasteiger partial charge in [-0.2, -0.15) is 0 Å². The number of carbonyl (C=O) groups excluding carboxylic acids is 7. The number of likely N-dealkylation sites (tertiary alicyclic amines) is 1. The van der Waals surface area contributed by atoms with E-state index >= 15 is 0 Å². The Morgan fingerprint density at radius 3 is 1.83 bits per heavy atom. The molecule has 7 amide bonds. The number of carbonyl (C=O) groups is 10. The topological polar surface area (TPSA) is 379 Å². The van der Waals surface area contributed by atoms with Crippen LogP contribution >= 0.6 is 0 Å². The van der Waals surface area contributed by atoms with Crippen LogP contribution in [0, 0.1) is 0 Å². The number of carboxylic acids is 3. The fourth-order valence-electron chi connectivity index (χ4n) is 6.16. The third-order valence-electron chi connectivity index (χ3n) is 9.34. The highest BCUT2D eigenvalue weighted by molar-refractivity contribution is 5.97. The van der Waals surface area contributed by atoms with Gasteiger partial charge < -0.3 is 68.7 Å². The molecule has 23 heteroatoms. The number of nitrogens with one attached hydrogen (secondary N) is 6. The molecule has 0 unspecified atom stereocenters. The van der Waals surface area contributed by atoms with Crippen molar-refractivity contribution in [2.24, 2.45) is 11.5 Å². The second-order valence-electron chi connectivity index (χ2n) is 14.1. The van der Waals surface area contributed by atoms with Gasteiger partial charge in [-0.15, -0.1) is 0 Å². The smallest absolute Gasteiger partial charge is 0.326 e. The fourth-order valence-corrected chi connectivity index (χ4v) is 6.16. The van der Waals surface area contributed by atoms with Gasteiger partial charge in [0.25, 0.3) is 0 Å². The van der Waals surface area contributed by atoms with E-state index in [0.717, 1.165) is 0 Å². The van der Waals surface area contributed by atoms with E-state index in [1.165, 1.54) is 36.1 Å². The summed E-state index contributed by atoms with van der Waals surface area (Å²) in [6.45, 7) is 0.628. The lowest BCUT2D eigenvalue weighted by Gasteiger charge is -2.29. The van der Waals surface area contributed by atoms with Gasteiger partial charge in [0.2, 0.25) is 41.4 Å². The molecule has 0 bridgehead atoms. The predicted octanol–water partition coefficient (Wildman–Crippen LogP) is -3.61. The van der Waals surface area contributed by atoms with Gasteiger partial charge in [-0.25, -0.2) is 4.79 Å². The number of benzene rings is 1. The van der Waals surface area contributed by atoms with Crippen molar-refractivity contribution in [3.63, 3.8) is 0 Å². The van der Waals surface area contributed by atoms with Crippen LogP contribution in [0.1, 0.15) is 70.3 Å². The lowest BCUT2D eigenvalue weighted by molar-refractivity contribution is -0.143. The Labute approximate surface area is 344 Å². The van der Waals surface area contributed by atoms with Crippen molar-refractivity contribution in [1.82, 2.24) is 36.8 Å². The Bertz CT molecular complexity index is 1710. The summed E-state index contributed by atoms with van der Waals surface area (Å²) in [6.07, 6.45) is -0.501.